The first-order valence-electron chi connectivity index (χ1n) is 8.48. The summed E-state index contributed by atoms with van der Waals surface area (Å²) in [5.74, 6) is 0. The Labute approximate surface area is 193 Å². The molecule has 1 radical (unpaired) electrons. The Bertz CT molecular complexity index is 478. The molecule has 0 bridgehead atoms. The topological polar surface area (TPSA) is 0 Å². The van der Waals surface area contributed by atoms with Crippen LogP contribution in [0.15, 0.2) is 36.4 Å². The molecular formula is C25H46Y-2. The third-order valence-electron chi connectivity index (χ3n) is 3.32. The monoisotopic (exact) mass is 435 g/mol. The molecule has 1 heteroatoms. The largest absolute Gasteiger partial charge is 0.358 e. The van der Waals surface area contributed by atoms with E-state index in [1.807, 2.05) is 27.7 Å². The zero-order valence-corrected chi connectivity index (χ0v) is 21.9. The Morgan fingerprint density at radius 2 is 0.692 bits per heavy atom. The van der Waals surface area contributed by atoms with E-state index in [4.69, 9.17) is 0 Å². The number of aryl methyl sites for hydroxylation is 6. The first-order valence-corrected chi connectivity index (χ1v) is 8.48. The van der Waals surface area contributed by atoms with Crippen molar-refractivity contribution in [2.45, 2.75) is 76.7 Å². The molecule has 2 rings (SSSR count). The minimum Gasteiger partial charge on any atom is -0.358 e. The molecule has 0 fully saturated rings. The van der Waals surface area contributed by atoms with E-state index in [1.54, 1.807) is 0 Å². The molecule has 0 amide bonds. The van der Waals surface area contributed by atoms with Gasteiger partial charge in [-0.2, -0.15) is 0 Å². The van der Waals surface area contributed by atoms with Crippen LogP contribution in [0.5, 0.6) is 0 Å². The quantitative estimate of drug-likeness (QED) is 0.363. The Balaban J connectivity index is -0.0000000571. The SMILES string of the molecule is C.CC.CC.Cc1ccc(C)c(C)c1.Cc1ccc(C)c(C)c1.[CH3-].[CH3-].[Y]. The fourth-order valence-corrected chi connectivity index (χ4v) is 1.78. The molecule has 2 aromatic carbocycles. The van der Waals surface area contributed by atoms with E-state index >= 15 is 0 Å². The molecule has 0 aliphatic rings. The molecular weight excluding hydrogens is 389 g/mol. The van der Waals surface area contributed by atoms with Crippen LogP contribution in [0.2, 0.25) is 0 Å². The first kappa shape index (κ1) is 40.3. The normalized spacial score (nSPS) is 7.15. The summed E-state index contributed by atoms with van der Waals surface area (Å²) in [6.07, 6.45) is 0. The summed E-state index contributed by atoms with van der Waals surface area (Å²) in [5.41, 5.74) is 8.21. The van der Waals surface area contributed by atoms with Crippen LogP contribution in [-0.4, -0.2) is 0 Å². The summed E-state index contributed by atoms with van der Waals surface area (Å²) in [6.45, 7) is 20.8. The van der Waals surface area contributed by atoms with Gasteiger partial charge in [-0.05, 0) is 63.8 Å². The van der Waals surface area contributed by atoms with Crippen molar-refractivity contribution < 1.29 is 32.7 Å². The summed E-state index contributed by atoms with van der Waals surface area (Å²) in [7, 11) is 0. The number of rotatable bonds is 0. The average molecular weight is 436 g/mol. The molecule has 0 nitrogen and oxygen atoms in total. The summed E-state index contributed by atoms with van der Waals surface area (Å²) in [4.78, 5) is 0. The maximum Gasteiger partial charge on any atom is 0 e. The van der Waals surface area contributed by atoms with Crippen molar-refractivity contribution in [3.63, 3.8) is 0 Å². The first-order chi connectivity index (χ1) is 10.4. The van der Waals surface area contributed by atoms with Crippen LogP contribution in [0.3, 0.4) is 0 Å². The van der Waals surface area contributed by atoms with Gasteiger partial charge < -0.3 is 14.9 Å². The molecule has 151 valence electrons. The summed E-state index contributed by atoms with van der Waals surface area (Å²) >= 11 is 0. The third-order valence-corrected chi connectivity index (χ3v) is 3.32. The summed E-state index contributed by atoms with van der Waals surface area (Å²) in [6, 6.07) is 13.0. The van der Waals surface area contributed by atoms with E-state index in [0.29, 0.717) is 0 Å². The Hall–Kier alpha value is -0.456. The standard InChI is InChI=1S/2C9H12.2C2H6.CH4.2CH3.Y/c2*1-7-4-5-8(2)9(3)6-7;2*1-2;;;;/h2*4-6H,1-3H3;2*1-2H3;1H4;2*1H3;/q;;;;;2*-1;. The molecule has 0 atom stereocenters. The zero-order chi connectivity index (χ0) is 17.7. The van der Waals surface area contributed by atoms with Crippen molar-refractivity contribution in [2.75, 3.05) is 0 Å². The average Bonchev–Trinajstić information content (AvgIpc) is 2.52. The van der Waals surface area contributed by atoms with Crippen LogP contribution >= 0.6 is 0 Å². The minimum absolute atomic E-state index is 0. The van der Waals surface area contributed by atoms with Crippen LogP contribution < -0.4 is 0 Å². The number of hydrogen-bond acceptors (Lipinski definition) is 0. The predicted molar refractivity (Wildman–Crippen MR) is 124 cm³/mol. The van der Waals surface area contributed by atoms with Gasteiger partial charge in [0.15, 0.2) is 0 Å². The molecule has 0 N–H and O–H groups in total. The maximum atomic E-state index is 2.20. The van der Waals surface area contributed by atoms with Crippen LogP contribution in [0, 0.1) is 56.4 Å². The van der Waals surface area contributed by atoms with Crippen molar-refractivity contribution >= 4 is 0 Å². The van der Waals surface area contributed by atoms with Gasteiger partial charge in [-0.1, -0.05) is 82.6 Å². The van der Waals surface area contributed by atoms with E-state index in [2.05, 4.69) is 77.9 Å². The molecule has 26 heavy (non-hydrogen) atoms. The molecule has 0 heterocycles. The number of benzene rings is 2. The van der Waals surface area contributed by atoms with Crippen LogP contribution in [0.4, 0.5) is 0 Å². The fraction of sp³-hybridized carbons (Fsp3) is 0.440. The molecule has 0 aliphatic carbocycles. The van der Waals surface area contributed by atoms with Gasteiger partial charge in [-0.3, -0.25) is 0 Å². The van der Waals surface area contributed by atoms with Crippen molar-refractivity contribution in [3.05, 3.63) is 84.6 Å². The van der Waals surface area contributed by atoms with Gasteiger partial charge in [-0.15, -0.1) is 0 Å². The summed E-state index contributed by atoms with van der Waals surface area (Å²) < 4.78 is 0. The second kappa shape index (κ2) is 24.5. The van der Waals surface area contributed by atoms with E-state index in [9.17, 15) is 0 Å². The molecule has 0 aromatic heterocycles. The Morgan fingerprint density at radius 3 is 0.846 bits per heavy atom. The van der Waals surface area contributed by atoms with E-state index in [0.717, 1.165) is 0 Å². The van der Waals surface area contributed by atoms with Gasteiger partial charge in [0.1, 0.15) is 0 Å². The van der Waals surface area contributed by atoms with Gasteiger partial charge >= 0.3 is 0 Å². The fourth-order valence-electron chi connectivity index (χ4n) is 1.78. The van der Waals surface area contributed by atoms with Crippen LogP contribution in [-0.2, 0) is 32.7 Å². The zero-order valence-electron chi connectivity index (χ0n) is 19.0. The van der Waals surface area contributed by atoms with Crippen LogP contribution in [0.25, 0.3) is 0 Å². The molecule has 0 spiro atoms. The van der Waals surface area contributed by atoms with Crippen molar-refractivity contribution in [1.29, 1.82) is 0 Å². The van der Waals surface area contributed by atoms with Crippen LogP contribution in [0.1, 0.15) is 68.5 Å². The maximum absolute atomic E-state index is 2.20. The van der Waals surface area contributed by atoms with Gasteiger partial charge in [0.2, 0.25) is 0 Å². The predicted octanol–water partition coefficient (Wildman–Crippen LogP) is 8.81. The molecule has 0 aliphatic heterocycles. The third kappa shape index (κ3) is 18.3. The molecule has 0 unspecified atom stereocenters. The summed E-state index contributed by atoms with van der Waals surface area (Å²) in [5, 5.41) is 0. The van der Waals surface area contributed by atoms with Crippen molar-refractivity contribution in [2.24, 2.45) is 0 Å². The van der Waals surface area contributed by atoms with E-state index < -0.39 is 0 Å². The smallest absolute Gasteiger partial charge is 0 e. The molecule has 2 aromatic rings. The van der Waals surface area contributed by atoms with Gasteiger partial charge in [0.25, 0.3) is 0 Å². The van der Waals surface area contributed by atoms with Crippen molar-refractivity contribution in [3.8, 4) is 0 Å². The van der Waals surface area contributed by atoms with Gasteiger partial charge in [0.05, 0.1) is 0 Å². The minimum atomic E-state index is 0. The molecule has 0 saturated carbocycles. The van der Waals surface area contributed by atoms with Crippen molar-refractivity contribution in [1.82, 2.24) is 0 Å². The van der Waals surface area contributed by atoms with E-state index in [-0.39, 0.29) is 55.0 Å². The Morgan fingerprint density at radius 1 is 0.462 bits per heavy atom. The molecule has 0 saturated heterocycles. The second-order valence-corrected chi connectivity index (χ2v) is 5.18. The van der Waals surface area contributed by atoms with E-state index in [1.165, 1.54) is 33.4 Å². The second-order valence-electron chi connectivity index (χ2n) is 5.18. The Kier molecular flexibility index (Phi) is 38.0. The number of hydrogen-bond donors (Lipinski definition) is 0. The van der Waals surface area contributed by atoms with Gasteiger partial charge in [-0.25, -0.2) is 0 Å². The van der Waals surface area contributed by atoms with Gasteiger partial charge in [0, 0.05) is 32.7 Å².